The summed E-state index contributed by atoms with van der Waals surface area (Å²) >= 11 is 0. The van der Waals surface area contributed by atoms with E-state index in [1.807, 2.05) is 0 Å². The summed E-state index contributed by atoms with van der Waals surface area (Å²) in [5, 5.41) is 14.9. The van der Waals surface area contributed by atoms with Crippen molar-refractivity contribution < 1.29 is 33.3 Å². The van der Waals surface area contributed by atoms with Gasteiger partial charge in [0.15, 0.2) is 11.5 Å². The fraction of sp³-hybridized carbons (Fsp3) is 0.387. The number of primary amides is 1. The molecule has 41 heavy (non-hydrogen) atoms. The molecule has 0 radical (unpaired) electrons. The van der Waals surface area contributed by atoms with Crippen LogP contribution in [0.5, 0.6) is 17.2 Å². The Morgan fingerprint density at radius 2 is 1.83 bits per heavy atom. The summed E-state index contributed by atoms with van der Waals surface area (Å²) in [5.74, 6) is -0.197. The first-order valence-corrected chi connectivity index (χ1v) is 13.8. The van der Waals surface area contributed by atoms with E-state index in [2.05, 4.69) is 5.32 Å². The number of hydrogen-bond acceptors (Lipinski definition) is 7. The van der Waals surface area contributed by atoms with E-state index in [9.17, 15) is 19.1 Å². The quantitative estimate of drug-likeness (QED) is 0.287. The molecule has 1 aromatic heterocycles. The van der Waals surface area contributed by atoms with E-state index in [1.54, 1.807) is 43.3 Å². The second-order valence-electron chi connectivity index (χ2n) is 10.5. The minimum Gasteiger partial charge on any atom is -0.493 e. The molecule has 1 heterocycles. The molecule has 2 saturated carbocycles. The third kappa shape index (κ3) is 6.43. The molecule has 0 spiro atoms. The maximum Gasteiger partial charge on any atom is 0.251 e. The van der Waals surface area contributed by atoms with E-state index in [-0.39, 0.29) is 37.3 Å². The molecule has 2 aliphatic carbocycles. The number of benzene rings is 2. The molecule has 0 unspecified atom stereocenters. The molecular weight excluding hydrogens is 529 g/mol. The number of amides is 2. The number of aromatic nitrogens is 1. The first kappa shape index (κ1) is 28.4. The molecule has 5 rings (SSSR count). The van der Waals surface area contributed by atoms with Gasteiger partial charge >= 0.3 is 0 Å². The number of hydrogen-bond donors (Lipinski definition) is 3. The smallest absolute Gasteiger partial charge is 0.251 e. The van der Waals surface area contributed by atoms with Crippen LogP contribution in [0.2, 0.25) is 0 Å². The van der Waals surface area contributed by atoms with Crippen molar-refractivity contribution in [3.8, 4) is 28.5 Å². The van der Waals surface area contributed by atoms with Crippen molar-refractivity contribution >= 4 is 11.8 Å². The summed E-state index contributed by atoms with van der Waals surface area (Å²) in [5.41, 5.74) is 5.98. The Labute approximate surface area is 237 Å². The van der Waals surface area contributed by atoms with Crippen LogP contribution < -0.4 is 25.3 Å². The summed E-state index contributed by atoms with van der Waals surface area (Å²) in [6.07, 6.45) is 3.49. The van der Waals surface area contributed by atoms with E-state index in [1.165, 1.54) is 19.2 Å². The van der Waals surface area contributed by atoms with Gasteiger partial charge in [0.2, 0.25) is 5.91 Å². The van der Waals surface area contributed by atoms with E-state index in [0.29, 0.717) is 39.6 Å². The molecule has 0 saturated heterocycles. The lowest BCUT2D eigenvalue weighted by Crippen LogP contribution is -2.43. The van der Waals surface area contributed by atoms with Gasteiger partial charge in [0.25, 0.3) is 5.91 Å². The second kappa shape index (κ2) is 11.7. The molecule has 2 fully saturated rings. The molecule has 10 heteroatoms. The highest BCUT2D eigenvalue weighted by atomic mass is 19.1. The fourth-order valence-electron chi connectivity index (χ4n) is 4.83. The Balaban J connectivity index is 1.47. The maximum atomic E-state index is 13.7. The number of carbonyl (C=O) groups excluding carboxylic acids is 2. The lowest BCUT2D eigenvalue weighted by Gasteiger charge is -2.30. The summed E-state index contributed by atoms with van der Waals surface area (Å²) in [4.78, 5) is 30.0. The van der Waals surface area contributed by atoms with Gasteiger partial charge in [0.05, 0.1) is 38.5 Å². The minimum atomic E-state index is -1.54. The number of aliphatic hydroxyl groups is 1. The minimum absolute atomic E-state index is 0.126. The van der Waals surface area contributed by atoms with Crippen LogP contribution in [-0.4, -0.2) is 48.3 Å². The van der Waals surface area contributed by atoms with Gasteiger partial charge in [-0.05, 0) is 87.1 Å². The Morgan fingerprint density at radius 1 is 1.10 bits per heavy atom. The van der Waals surface area contributed by atoms with Gasteiger partial charge < -0.3 is 30.4 Å². The zero-order chi connectivity index (χ0) is 29.1. The number of nitrogens with two attached hydrogens (primary N) is 1. The summed E-state index contributed by atoms with van der Waals surface area (Å²) in [7, 11) is 1.52. The SMILES string of the molecule is CCOc1c(CC(N)=O)cc([C@@](O)(CNC(=O)c2ccc(OC3CC3)c(OC)c2)C2CC2)nc1-c1ccc(F)cc1. The highest BCUT2D eigenvalue weighted by Crippen LogP contribution is 2.47. The monoisotopic (exact) mass is 563 g/mol. The Morgan fingerprint density at radius 3 is 2.44 bits per heavy atom. The second-order valence-corrected chi connectivity index (χ2v) is 10.5. The number of halogens is 1. The average molecular weight is 564 g/mol. The third-order valence-corrected chi connectivity index (χ3v) is 7.28. The van der Waals surface area contributed by atoms with Crippen LogP contribution in [0.1, 0.15) is 54.2 Å². The van der Waals surface area contributed by atoms with Crippen LogP contribution in [-0.2, 0) is 16.8 Å². The average Bonchev–Trinajstić information content (AvgIpc) is 3.88. The molecule has 216 valence electrons. The molecule has 4 N–H and O–H groups in total. The number of rotatable bonds is 13. The predicted molar refractivity (Wildman–Crippen MR) is 149 cm³/mol. The Bertz CT molecular complexity index is 1440. The van der Waals surface area contributed by atoms with Crippen molar-refractivity contribution in [2.24, 2.45) is 11.7 Å². The van der Waals surface area contributed by atoms with Gasteiger partial charge in [-0.2, -0.15) is 0 Å². The van der Waals surface area contributed by atoms with Crippen LogP contribution >= 0.6 is 0 Å². The molecule has 3 aromatic rings. The fourth-order valence-corrected chi connectivity index (χ4v) is 4.83. The maximum absolute atomic E-state index is 13.7. The first-order chi connectivity index (χ1) is 19.7. The van der Waals surface area contributed by atoms with E-state index in [0.717, 1.165) is 25.7 Å². The normalized spacial score (nSPS) is 16.0. The van der Waals surface area contributed by atoms with Gasteiger partial charge in [-0.15, -0.1) is 0 Å². The molecule has 2 aromatic carbocycles. The highest BCUT2D eigenvalue weighted by molar-refractivity contribution is 5.95. The number of methoxy groups -OCH3 is 1. The molecule has 9 nitrogen and oxygen atoms in total. The number of nitrogens with one attached hydrogen (secondary N) is 1. The number of ether oxygens (including phenoxy) is 3. The predicted octanol–water partition coefficient (Wildman–Crippen LogP) is 3.89. The topological polar surface area (TPSA) is 133 Å². The number of nitrogens with zero attached hydrogens (tertiary/aromatic N) is 1. The van der Waals surface area contributed by atoms with Crippen molar-refractivity contribution in [2.45, 2.75) is 50.7 Å². The Kier molecular flexibility index (Phi) is 8.12. The molecule has 0 bridgehead atoms. The van der Waals surface area contributed by atoms with Crippen molar-refractivity contribution in [3.05, 3.63) is 71.2 Å². The van der Waals surface area contributed by atoms with Crippen LogP contribution in [0.3, 0.4) is 0 Å². The molecule has 2 aliphatic rings. The lowest BCUT2D eigenvalue weighted by atomic mass is 9.90. The number of carbonyl (C=O) groups is 2. The first-order valence-electron chi connectivity index (χ1n) is 13.8. The van der Waals surface area contributed by atoms with Crippen LogP contribution in [0.15, 0.2) is 48.5 Å². The zero-order valence-electron chi connectivity index (χ0n) is 23.1. The van der Waals surface area contributed by atoms with E-state index in [4.69, 9.17) is 24.9 Å². The molecule has 1 atom stereocenters. The van der Waals surface area contributed by atoms with Crippen molar-refractivity contribution in [2.75, 3.05) is 20.3 Å². The van der Waals surface area contributed by atoms with Crippen LogP contribution in [0.25, 0.3) is 11.3 Å². The van der Waals surface area contributed by atoms with E-state index < -0.39 is 23.2 Å². The lowest BCUT2D eigenvalue weighted by molar-refractivity contribution is -0.117. The standard InChI is InChI=1S/C31H34FN3O6/c1-3-40-29-20(16-27(33)36)15-26(35-28(29)18-4-9-22(32)10-5-18)31(38,21-7-8-21)17-34-30(37)19-6-13-24(25(14-19)39-2)41-23-11-12-23/h4-6,9-10,13-15,21,23,38H,3,7-8,11-12,16-17H2,1-2H3,(H2,33,36)(H,34,37)/t31-/m1/s1. The number of pyridine rings is 1. The molecular formula is C31H34FN3O6. The third-order valence-electron chi connectivity index (χ3n) is 7.28. The van der Waals surface area contributed by atoms with Crippen LogP contribution in [0.4, 0.5) is 4.39 Å². The van der Waals surface area contributed by atoms with E-state index >= 15 is 0 Å². The van der Waals surface area contributed by atoms with Crippen molar-refractivity contribution in [1.82, 2.24) is 10.3 Å². The van der Waals surface area contributed by atoms with Gasteiger partial charge in [-0.25, -0.2) is 9.37 Å². The summed E-state index contributed by atoms with van der Waals surface area (Å²) in [6.45, 7) is 1.96. The van der Waals surface area contributed by atoms with Gasteiger partial charge in [0.1, 0.15) is 22.9 Å². The van der Waals surface area contributed by atoms with Gasteiger partial charge in [0, 0.05) is 16.7 Å². The summed E-state index contributed by atoms with van der Waals surface area (Å²) < 4.78 is 30.9. The van der Waals surface area contributed by atoms with Crippen LogP contribution in [0, 0.1) is 11.7 Å². The zero-order valence-corrected chi connectivity index (χ0v) is 23.1. The van der Waals surface area contributed by atoms with Crippen molar-refractivity contribution in [3.63, 3.8) is 0 Å². The Hall–Kier alpha value is -4.18. The highest BCUT2D eigenvalue weighted by Gasteiger charge is 2.47. The van der Waals surface area contributed by atoms with Gasteiger partial charge in [-0.1, -0.05) is 0 Å². The summed E-state index contributed by atoms with van der Waals surface area (Å²) in [6, 6.07) is 12.3. The largest absolute Gasteiger partial charge is 0.493 e. The van der Waals surface area contributed by atoms with Crippen molar-refractivity contribution in [1.29, 1.82) is 0 Å². The molecule has 0 aliphatic heterocycles. The molecule has 2 amide bonds. The van der Waals surface area contributed by atoms with Gasteiger partial charge in [-0.3, -0.25) is 9.59 Å².